The van der Waals surface area contributed by atoms with E-state index in [0.29, 0.717) is 23.7 Å². The van der Waals surface area contributed by atoms with Crippen molar-refractivity contribution >= 4 is 21.9 Å². The largest absolute Gasteiger partial charge is 0.466 e. The monoisotopic (exact) mass is 378 g/mol. The van der Waals surface area contributed by atoms with Gasteiger partial charge < -0.3 is 14.6 Å². The van der Waals surface area contributed by atoms with Crippen LogP contribution in [0.2, 0.25) is 0 Å². The van der Waals surface area contributed by atoms with E-state index in [0.717, 1.165) is 15.6 Å². The molecule has 0 spiro atoms. The van der Waals surface area contributed by atoms with E-state index in [9.17, 15) is 9.90 Å². The van der Waals surface area contributed by atoms with Crippen LogP contribution in [0.1, 0.15) is 23.6 Å². The summed E-state index contributed by atoms with van der Waals surface area (Å²) in [5.41, 5.74) is 2.55. The van der Waals surface area contributed by atoms with Crippen LogP contribution in [0.5, 0.6) is 11.5 Å². The highest BCUT2D eigenvalue weighted by atomic mass is 79.9. The molecule has 0 aliphatic carbocycles. The number of ether oxygens (including phenoxy) is 2. The summed E-state index contributed by atoms with van der Waals surface area (Å²) < 4.78 is 11.7. The van der Waals surface area contributed by atoms with Crippen molar-refractivity contribution in [3.63, 3.8) is 0 Å². The lowest BCUT2D eigenvalue weighted by Gasteiger charge is -2.12. The maximum absolute atomic E-state index is 11.7. The number of halogens is 1. The van der Waals surface area contributed by atoms with E-state index in [-0.39, 0.29) is 19.0 Å². The molecule has 2 aromatic carbocycles. The van der Waals surface area contributed by atoms with Crippen molar-refractivity contribution in [3.05, 3.63) is 57.6 Å². The van der Waals surface area contributed by atoms with Crippen LogP contribution in [0.4, 0.5) is 0 Å². The lowest BCUT2D eigenvalue weighted by atomic mass is 10.1. The fraction of sp³-hybridized carbons (Fsp3) is 0.278. The van der Waals surface area contributed by atoms with Gasteiger partial charge in [-0.05, 0) is 55.3 Å². The number of hydrogen-bond donors (Lipinski definition) is 1. The minimum atomic E-state index is -0.257. The van der Waals surface area contributed by atoms with Gasteiger partial charge >= 0.3 is 5.97 Å². The van der Waals surface area contributed by atoms with Gasteiger partial charge in [-0.15, -0.1) is 0 Å². The summed E-state index contributed by atoms with van der Waals surface area (Å²) in [5.74, 6) is 0.945. The van der Waals surface area contributed by atoms with E-state index in [4.69, 9.17) is 9.47 Å². The van der Waals surface area contributed by atoms with Crippen LogP contribution in [0.25, 0.3) is 0 Å². The van der Waals surface area contributed by atoms with Crippen LogP contribution < -0.4 is 4.74 Å². The first-order valence-corrected chi connectivity index (χ1v) is 8.15. The van der Waals surface area contributed by atoms with E-state index in [1.807, 2.05) is 37.3 Å². The van der Waals surface area contributed by atoms with Crippen molar-refractivity contribution in [3.8, 4) is 11.5 Å². The zero-order chi connectivity index (χ0) is 16.8. The number of aliphatic hydroxyl groups excluding tert-OH is 1. The van der Waals surface area contributed by atoms with Crippen LogP contribution in [-0.2, 0) is 22.6 Å². The van der Waals surface area contributed by atoms with E-state index in [2.05, 4.69) is 15.9 Å². The molecular formula is C18H19BrO4. The summed E-state index contributed by atoms with van der Waals surface area (Å²) in [4.78, 5) is 11.7. The fourth-order valence-corrected chi connectivity index (χ4v) is 2.58. The number of carbonyl (C=O) groups excluding carboxylic acids is 1. The van der Waals surface area contributed by atoms with E-state index in [1.165, 1.54) is 0 Å². The second-order valence-electron chi connectivity index (χ2n) is 5.08. The summed E-state index contributed by atoms with van der Waals surface area (Å²) in [6, 6.07) is 11.0. The number of esters is 1. The van der Waals surface area contributed by atoms with Gasteiger partial charge in [0.1, 0.15) is 11.5 Å². The van der Waals surface area contributed by atoms with Gasteiger partial charge in [0.05, 0.1) is 19.6 Å². The highest BCUT2D eigenvalue weighted by molar-refractivity contribution is 9.10. The van der Waals surface area contributed by atoms with Crippen molar-refractivity contribution in [2.24, 2.45) is 0 Å². The molecular weight excluding hydrogens is 360 g/mol. The quantitative estimate of drug-likeness (QED) is 0.767. The third kappa shape index (κ3) is 4.81. The smallest absolute Gasteiger partial charge is 0.310 e. The predicted octanol–water partition coefficient (Wildman–Crippen LogP) is 4.15. The molecule has 0 saturated heterocycles. The van der Waals surface area contributed by atoms with Crippen LogP contribution in [0.3, 0.4) is 0 Å². The van der Waals surface area contributed by atoms with E-state index in [1.54, 1.807) is 13.0 Å². The number of aryl methyl sites for hydroxylation is 1. The molecule has 0 radical (unpaired) electrons. The van der Waals surface area contributed by atoms with Crippen molar-refractivity contribution in [2.75, 3.05) is 6.61 Å². The Hall–Kier alpha value is -1.85. The Kier molecular flexibility index (Phi) is 6.19. The fourth-order valence-electron chi connectivity index (χ4n) is 2.17. The SMILES string of the molecule is CCOC(=O)Cc1cc(Oc2ccc(Br)cc2CO)ccc1C. The molecule has 1 N–H and O–H groups in total. The average Bonchev–Trinajstić information content (AvgIpc) is 2.52. The molecule has 0 unspecified atom stereocenters. The number of aliphatic hydroxyl groups is 1. The van der Waals surface area contributed by atoms with Crippen LogP contribution in [0, 0.1) is 6.92 Å². The van der Waals surface area contributed by atoms with Crippen LogP contribution in [0.15, 0.2) is 40.9 Å². The molecule has 0 aliphatic heterocycles. The Bertz CT molecular complexity index is 697. The number of rotatable bonds is 6. The lowest BCUT2D eigenvalue weighted by molar-refractivity contribution is -0.142. The van der Waals surface area contributed by atoms with Gasteiger partial charge in [0.25, 0.3) is 0 Å². The molecule has 2 aromatic rings. The Balaban J connectivity index is 2.22. The Morgan fingerprint density at radius 2 is 1.96 bits per heavy atom. The normalized spacial score (nSPS) is 10.4. The number of benzene rings is 2. The highest BCUT2D eigenvalue weighted by Gasteiger charge is 2.10. The average molecular weight is 379 g/mol. The Morgan fingerprint density at radius 1 is 1.17 bits per heavy atom. The van der Waals surface area contributed by atoms with Crippen molar-refractivity contribution in [1.29, 1.82) is 0 Å². The molecule has 0 amide bonds. The second kappa shape index (κ2) is 8.13. The van der Waals surface area contributed by atoms with E-state index >= 15 is 0 Å². The van der Waals surface area contributed by atoms with Crippen LogP contribution in [-0.4, -0.2) is 17.7 Å². The van der Waals surface area contributed by atoms with Gasteiger partial charge in [0, 0.05) is 10.0 Å². The zero-order valence-electron chi connectivity index (χ0n) is 13.1. The van der Waals surface area contributed by atoms with Crippen LogP contribution >= 0.6 is 15.9 Å². The molecule has 0 bridgehead atoms. The summed E-state index contributed by atoms with van der Waals surface area (Å²) in [5, 5.41) is 9.44. The summed E-state index contributed by atoms with van der Waals surface area (Å²) in [6.45, 7) is 3.98. The maximum Gasteiger partial charge on any atom is 0.310 e. The first kappa shape index (κ1) is 17.5. The van der Waals surface area contributed by atoms with Gasteiger partial charge in [-0.3, -0.25) is 4.79 Å². The third-order valence-corrected chi connectivity index (χ3v) is 3.87. The first-order chi connectivity index (χ1) is 11.0. The molecule has 0 aliphatic rings. The maximum atomic E-state index is 11.7. The van der Waals surface area contributed by atoms with Gasteiger partial charge in [-0.2, -0.15) is 0 Å². The Morgan fingerprint density at radius 3 is 2.65 bits per heavy atom. The Labute approximate surface area is 144 Å². The van der Waals surface area contributed by atoms with Crippen molar-refractivity contribution in [2.45, 2.75) is 26.9 Å². The van der Waals surface area contributed by atoms with E-state index < -0.39 is 0 Å². The summed E-state index contributed by atoms with van der Waals surface area (Å²) >= 11 is 3.37. The van der Waals surface area contributed by atoms with Gasteiger partial charge in [0.15, 0.2) is 0 Å². The molecule has 0 atom stereocenters. The summed E-state index contributed by atoms with van der Waals surface area (Å²) in [6.07, 6.45) is 0.212. The molecule has 122 valence electrons. The zero-order valence-corrected chi connectivity index (χ0v) is 14.7. The minimum Gasteiger partial charge on any atom is -0.466 e. The third-order valence-electron chi connectivity index (χ3n) is 3.38. The van der Waals surface area contributed by atoms with Gasteiger partial charge in [-0.1, -0.05) is 22.0 Å². The molecule has 2 rings (SSSR count). The van der Waals surface area contributed by atoms with Crippen molar-refractivity contribution in [1.82, 2.24) is 0 Å². The molecule has 0 fully saturated rings. The predicted molar refractivity (Wildman–Crippen MR) is 91.7 cm³/mol. The number of hydrogen-bond acceptors (Lipinski definition) is 4. The van der Waals surface area contributed by atoms with Crippen molar-refractivity contribution < 1.29 is 19.4 Å². The molecule has 0 saturated carbocycles. The molecule has 5 heteroatoms. The standard InChI is InChI=1S/C18H19BrO4/c1-3-22-18(21)10-13-9-16(6-4-12(13)2)23-17-7-5-15(19)8-14(17)11-20/h4-9,20H,3,10-11H2,1-2H3. The van der Waals surface area contributed by atoms with Gasteiger partial charge in [0.2, 0.25) is 0 Å². The lowest BCUT2D eigenvalue weighted by Crippen LogP contribution is -2.08. The number of carbonyl (C=O) groups is 1. The second-order valence-corrected chi connectivity index (χ2v) is 6.00. The molecule has 4 nitrogen and oxygen atoms in total. The minimum absolute atomic E-state index is 0.115. The topological polar surface area (TPSA) is 55.8 Å². The summed E-state index contributed by atoms with van der Waals surface area (Å²) in [7, 11) is 0. The highest BCUT2D eigenvalue weighted by Crippen LogP contribution is 2.29. The first-order valence-electron chi connectivity index (χ1n) is 7.35. The molecule has 0 heterocycles. The molecule has 0 aromatic heterocycles. The molecule has 23 heavy (non-hydrogen) atoms. The van der Waals surface area contributed by atoms with Gasteiger partial charge in [-0.25, -0.2) is 0 Å².